The van der Waals surface area contributed by atoms with E-state index in [1.165, 1.54) is 0 Å². The van der Waals surface area contributed by atoms with Crippen LogP contribution in [0.15, 0.2) is 36.4 Å². The Kier molecular flexibility index (Phi) is 3.06. The van der Waals surface area contributed by atoms with E-state index in [2.05, 4.69) is 5.32 Å². The third-order valence-corrected chi connectivity index (χ3v) is 3.78. The van der Waals surface area contributed by atoms with Gasteiger partial charge in [0, 0.05) is 27.9 Å². The first-order chi connectivity index (χ1) is 10.3. The SMILES string of the molecule is CC(C)(C)C(=O)Nc1ccc2c(c1)C(=O)c1cc(N)ccc1-2. The highest BCUT2D eigenvalue weighted by atomic mass is 16.2. The van der Waals surface area contributed by atoms with Gasteiger partial charge in [0.15, 0.2) is 5.78 Å². The molecule has 3 N–H and O–H groups in total. The fourth-order valence-corrected chi connectivity index (χ4v) is 2.49. The summed E-state index contributed by atoms with van der Waals surface area (Å²) in [5.41, 5.74) is 9.48. The van der Waals surface area contributed by atoms with E-state index in [-0.39, 0.29) is 11.7 Å². The van der Waals surface area contributed by atoms with Crippen LogP contribution in [0.5, 0.6) is 0 Å². The number of ketones is 1. The number of nitrogens with two attached hydrogens (primary N) is 1. The van der Waals surface area contributed by atoms with Crippen molar-refractivity contribution >= 4 is 23.1 Å². The minimum Gasteiger partial charge on any atom is -0.399 e. The van der Waals surface area contributed by atoms with Crippen LogP contribution in [0.3, 0.4) is 0 Å². The fourth-order valence-electron chi connectivity index (χ4n) is 2.49. The van der Waals surface area contributed by atoms with E-state index in [4.69, 9.17) is 5.73 Å². The maximum atomic E-state index is 12.5. The molecule has 0 unspecified atom stereocenters. The summed E-state index contributed by atoms with van der Waals surface area (Å²) >= 11 is 0. The number of carbonyl (C=O) groups excluding carboxylic acids is 2. The molecule has 0 fully saturated rings. The molecule has 0 spiro atoms. The molecule has 2 aromatic rings. The highest BCUT2D eigenvalue weighted by Crippen LogP contribution is 2.38. The molecule has 1 aliphatic carbocycles. The number of carbonyl (C=O) groups is 2. The second kappa shape index (κ2) is 4.70. The van der Waals surface area contributed by atoms with Gasteiger partial charge in [0.1, 0.15) is 0 Å². The van der Waals surface area contributed by atoms with E-state index < -0.39 is 5.41 Å². The van der Waals surface area contributed by atoms with Gasteiger partial charge < -0.3 is 11.1 Å². The summed E-state index contributed by atoms with van der Waals surface area (Å²) in [7, 11) is 0. The molecular weight excluding hydrogens is 276 g/mol. The van der Waals surface area contributed by atoms with Crippen LogP contribution in [0.1, 0.15) is 36.7 Å². The molecule has 0 heterocycles. The highest BCUT2D eigenvalue weighted by molar-refractivity contribution is 6.22. The molecule has 0 saturated heterocycles. The van der Waals surface area contributed by atoms with E-state index in [0.717, 1.165) is 11.1 Å². The Hall–Kier alpha value is -2.62. The van der Waals surface area contributed by atoms with E-state index in [0.29, 0.717) is 22.5 Å². The number of anilines is 2. The number of nitrogens with one attached hydrogen (secondary N) is 1. The average molecular weight is 294 g/mol. The summed E-state index contributed by atoms with van der Waals surface area (Å²) in [4.78, 5) is 24.6. The Morgan fingerprint density at radius 2 is 1.55 bits per heavy atom. The molecule has 1 aliphatic rings. The molecular formula is C18H18N2O2. The fraction of sp³-hybridized carbons (Fsp3) is 0.222. The van der Waals surface area contributed by atoms with Crippen LogP contribution in [-0.4, -0.2) is 11.7 Å². The molecule has 3 rings (SSSR count). The Morgan fingerprint density at radius 1 is 0.955 bits per heavy atom. The molecule has 22 heavy (non-hydrogen) atoms. The van der Waals surface area contributed by atoms with Crippen molar-refractivity contribution in [1.82, 2.24) is 0 Å². The van der Waals surface area contributed by atoms with Gasteiger partial charge in [-0.2, -0.15) is 0 Å². The highest BCUT2D eigenvalue weighted by Gasteiger charge is 2.28. The number of rotatable bonds is 1. The lowest BCUT2D eigenvalue weighted by Gasteiger charge is -2.18. The minimum absolute atomic E-state index is 0.0517. The number of hydrogen-bond acceptors (Lipinski definition) is 3. The zero-order valence-electron chi connectivity index (χ0n) is 12.9. The molecule has 0 saturated carbocycles. The lowest BCUT2D eigenvalue weighted by molar-refractivity contribution is -0.123. The average Bonchev–Trinajstić information content (AvgIpc) is 2.71. The Labute approximate surface area is 129 Å². The third-order valence-electron chi connectivity index (χ3n) is 3.78. The number of fused-ring (bicyclic) bond motifs is 3. The van der Waals surface area contributed by atoms with Gasteiger partial charge in [-0.25, -0.2) is 0 Å². The van der Waals surface area contributed by atoms with Gasteiger partial charge in [-0.1, -0.05) is 32.9 Å². The molecule has 4 nitrogen and oxygen atoms in total. The molecule has 0 radical (unpaired) electrons. The summed E-state index contributed by atoms with van der Waals surface area (Å²) in [6, 6.07) is 10.8. The van der Waals surface area contributed by atoms with Crippen molar-refractivity contribution in [3.63, 3.8) is 0 Å². The summed E-state index contributed by atoms with van der Waals surface area (Å²) in [6.45, 7) is 5.54. The van der Waals surface area contributed by atoms with Gasteiger partial charge in [0.05, 0.1) is 0 Å². The first-order valence-electron chi connectivity index (χ1n) is 7.17. The van der Waals surface area contributed by atoms with Gasteiger partial charge in [-0.15, -0.1) is 0 Å². The van der Waals surface area contributed by atoms with Gasteiger partial charge in [0.2, 0.25) is 5.91 Å². The predicted molar refractivity (Wildman–Crippen MR) is 87.8 cm³/mol. The summed E-state index contributed by atoms with van der Waals surface area (Å²) in [5.74, 6) is -0.135. The number of nitrogen functional groups attached to an aromatic ring is 1. The first kappa shape index (κ1) is 14.3. The Bertz CT molecular complexity index is 801. The van der Waals surface area contributed by atoms with E-state index in [1.54, 1.807) is 18.2 Å². The number of amides is 1. The zero-order valence-corrected chi connectivity index (χ0v) is 12.9. The molecule has 0 aromatic heterocycles. The van der Waals surface area contributed by atoms with Gasteiger partial charge in [-0.05, 0) is 35.4 Å². The second-order valence-corrected chi connectivity index (χ2v) is 6.60. The Balaban J connectivity index is 1.99. The molecule has 112 valence electrons. The number of benzene rings is 2. The summed E-state index contributed by atoms with van der Waals surface area (Å²) in [5, 5.41) is 2.85. The van der Waals surface area contributed by atoms with Crippen LogP contribution < -0.4 is 11.1 Å². The van der Waals surface area contributed by atoms with E-state index in [9.17, 15) is 9.59 Å². The standard InChI is InChI=1S/C18H18N2O2/c1-18(2,3)17(22)20-11-5-7-13-12-6-4-10(19)8-14(12)16(21)15(13)9-11/h4-9H,19H2,1-3H3,(H,20,22). The molecule has 0 bridgehead atoms. The molecule has 2 aromatic carbocycles. The summed E-state index contributed by atoms with van der Waals surface area (Å²) in [6.07, 6.45) is 0. The van der Waals surface area contributed by atoms with Gasteiger partial charge in [0.25, 0.3) is 0 Å². The molecule has 1 amide bonds. The van der Waals surface area contributed by atoms with E-state index >= 15 is 0 Å². The van der Waals surface area contributed by atoms with Crippen molar-refractivity contribution in [1.29, 1.82) is 0 Å². The van der Waals surface area contributed by atoms with Crippen molar-refractivity contribution in [2.24, 2.45) is 5.41 Å². The monoisotopic (exact) mass is 294 g/mol. The van der Waals surface area contributed by atoms with Gasteiger partial charge in [-0.3, -0.25) is 9.59 Å². The normalized spacial score (nSPS) is 12.8. The molecule has 0 atom stereocenters. The quantitative estimate of drug-likeness (QED) is 0.675. The first-order valence-corrected chi connectivity index (χ1v) is 7.17. The maximum Gasteiger partial charge on any atom is 0.229 e. The smallest absolute Gasteiger partial charge is 0.229 e. The van der Waals surface area contributed by atoms with Crippen molar-refractivity contribution in [3.05, 3.63) is 47.5 Å². The minimum atomic E-state index is -0.486. The van der Waals surface area contributed by atoms with Crippen LogP contribution in [0.25, 0.3) is 11.1 Å². The maximum absolute atomic E-state index is 12.5. The molecule has 0 aliphatic heterocycles. The topological polar surface area (TPSA) is 72.2 Å². The van der Waals surface area contributed by atoms with Crippen LogP contribution in [-0.2, 0) is 4.79 Å². The van der Waals surface area contributed by atoms with Crippen LogP contribution in [0, 0.1) is 5.41 Å². The van der Waals surface area contributed by atoms with Crippen molar-refractivity contribution in [2.45, 2.75) is 20.8 Å². The third kappa shape index (κ3) is 2.26. The van der Waals surface area contributed by atoms with Crippen molar-refractivity contribution < 1.29 is 9.59 Å². The zero-order chi connectivity index (χ0) is 16.1. The van der Waals surface area contributed by atoms with Crippen molar-refractivity contribution in [3.8, 4) is 11.1 Å². The van der Waals surface area contributed by atoms with Crippen molar-refractivity contribution in [2.75, 3.05) is 11.1 Å². The number of hydrogen-bond donors (Lipinski definition) is 2. The Morgan fingerprint density at radius 3 is 2.18 bits per heavy atom. The van der Waals surface area contributed by atoms with Gasteiger partial charge >= 0.3 is 0 Å². The summed E-state index contributed by atoms with van der Waals surface area (Å²) < 4.78 is 0. The lowest BCUT2D eigenvalue weighted by Crippen LogP contribution is -2.27. The van der Waals surface area contributed by atoms with Crippen LogP contribution in [0.4, 0.5) is 11.4 Å². The largest absolute Gasteiger partial charge is 0.399 e. The lowest BCUT2D eigenvalue weighted by atomic mass is 9.95. The van der Waals surface area contributed by atoms with Crippen LogP contribution in [0.2, 0.25) is 0 Å². The molecule has 4 heteroatoms. The predicted octanol–water partition coefficient (Wildman–Crippen LogP) is 3.46. The van der Waals surface area contributed by atoms with E-state index in [1.807, 2.05) is 39.0 Å². The van der Waals surface area contributed by atoms with Crippen LogP contribution >= 0.6 is 0 Å². The second-order valence-electron chi connectivity index (χ2n) is 6.60.